The quantitative estimate of drug-likeness (QED) is 0.183. The lowest BCUT2D eigenvalue weighted by molar-refractivity contribution is 0.745. The van der Waals surface area contributed by atoms with Crippen molar-refractivity contribution in [2.24, 2.45) is 0 Å². The molecule has 8 rings (SSSR count). The molecule has 0 spiro atoms. The fraction of sp³-hybridized carbons (Fsp3) is 0.308. The van der Waals surface area contributed by atoms with Crippen molar-refractivity contribution in [3.05, 3.63) is 92.7 Å². The minimum atomic E-state index is 0.313. The van der Waals surface area contributed by atoms with Gasteiger partial charge in [0.1, 0.15) is 11.3 Å². The maximum absolute atomic E-state index is 4.98. The molecule has 0 saturated carbocycles. The molecule has 0 bridgehead atoms. The summed E-state index contributed by atoms with van der Waals surface area (Å²) in [5.74, 6) is 0. The van der Waals surface area contributed by atoms with Crippen LogP contribution in [0, 0.1) is 62.3 Å². The molecule has 1 aliphatic rings. The zero-order valence-electron chi connectivity index (χ0n) is 28.3. The summed E-state index contributed by atoms with van der Waals surface area (Å²) >= 11 is 0. The van der Waals surface area contributed by atoms with Gasteiger partial charge in [0.2, 0.25) is 0 Å². The van der Waals surface area contributed by atoms with Crippen molar-refractivity contribution in [3.63, 3.8) is 0 Å². The molecule has 7 aromatic rings. The van der Waals surface area contributed by atoms with Crippen molar-refractivity contribution in [2.45, 2.75) is 75.3 Å². The fourth-order valence-electron chi connectivity index (χ4n) is 7.61. The van der Waals surface area contributed by atoms with Crippen LogP contribution in [-0.2, 0) is 0 Å². The van der Waals surface area contributed by atoms with Crippen molar-refractivity contribution in [1.82, 2.24) is 24.9 Å². The zero-order valence-corrected chi connectivity index (χ0v) is 28.3. The Balaban J connectivity index is 0.000000145. The molecule has 2 aromatic carbocycles. The van der Waals surface area contributed by atoms with Gasteiger partial charge in [-0.2, -0.15) is 0 Å². The van der Waals surface area contributed by atoms with Crippen LogP contribution in [0.1, 0.15) is 68.7 Å². The average molecular weight is 595 g/mol. The summed E-state index contributed by atoms with van der Waals surface area (Å²) in [5, 5.41) is 6.09. The number of hydrogen-bond acceptors (Lipinski definition) is 4. The molecule has 1 atom stereocenters. The number of aromatic nitrogens is 5. The Morgan fingerprint density at radius 1 is 0.667 bits per heavy atom. The highest BCUT2D eigenvalue weighted by Gasteiger charge is 2.29. The summed E-state index contributed by atoms with van der Waals surface area (Å²) in [5.41, 5.74) is 20.3. The smallest absolute Gasteiger partial charge is 0.138 e. The van der Waals surface area contributed by atoms with Gasteiger partial charge in [-0.15, -0.1) is 0 Å². The third-order valence-corrected chi connectivity index (χ3v) is 11.1. The number of H-pyrrole nitrogens is 2. The fourth-order valence-corrected chi connectivity index (χ4v) is 7.61. The Morgan fingerprint density at radius 2 is 1.33 bits per heavy atom. The van der Waals surface area contributed by atoms with Crippen molar-refractivity contribution in [1.29, 1.82) is 0 Å². The van der Waals surface area contributed by atoms with Gasteiger partial charge in [-0.25, -0.2) is 9.97 Å². The van der Waals surface area contributed by atoms with Crippen molar-refractivity contribution < 1.29 is 0 Å². The number of nitrogens with zero attached hydrogens (tertiary/aromatic N) is 4. The summed E-state index contributed by atoms with van der Waals surface area (Å²) in [7, 11) is 2.21. The Bertz CT molecular complexity index is 2350. The molecule has 0 radical (unpaired) electrons. The summed E-state index contributed by atoms with van der Waals surface area (Å²) in [6.45, 7) is 22.1. The van der Waals surface area contributed by atoms with Crippen LogP contribution in [0.25, 0.3) is 54.9 Å². The van der Waals surface area contributed by atoms with E-state index in [4.69, 9.17) is 4.98 Å². The van der Waals surface area contributed by atoms with Gasteiger partial charge in [0, 0.05) is 75.9 Å². The highest BCUT2D eigenvalue weighted by molar-refractivity contribution is 6.18. The number of anilines is 1. The Labute approximate surface area is 264 Å². The van der Waals surface area contributed by atoms with Gasteiger partial charge in [-0.3, -0.25) is 4.98 Å². The molecule has 2 N–H and O–H groups in total. The maximum atomic E-state index is 4.98. The maximum Gasteiger partial charge on any atom is 0.138 e. The summed E-state index contributed by atoms with van der Waals surface area (Å²) in [6.07, 6.45) is 7.95. The van der Waals surface area contributed by atoms with E-state index in [-0.39, 0.29) is 0 Å². The van der Waals surface area contributed by atoms with Gasteiger partial charge >= 0.3 is 0 Å². The topological polar surface area (TPSA) is 73.5 Å². The molecule has 1 unspecified atom stereocenters. The van der Waals surface area contributed by atoms with Gasteiger partial charge < -0.3 is 14.9 Å². The van der Waals surface area contributed by atoms with Crippen LogP contribution in [0.2, 0.25) is 0 Å². The van der Waals surface area contributed by atoms with Crippen LogP contribution in [0.3, 0.4) is 0 Å². The molecule has 6 heterocycles. The zero-order chi connectivity index (χ0) is 32.1. The minimum absolute atomic E-state index is 0.313. The molecule has 0 fully saturated rings. The summed E-state index contributed by atoms with van der Waals surface area (Å²) in [4.78, 5) is 23.1. The lowest BCUT2D eigenvalue weighted by Crippen LogP contribution is -2.22. The van der Waals surface area contributed by atoms with E-state index in [1.54, 1.807) is 0 Å². The molecule has 6 nitrogen and oxygen atoms in total. The van der Waals surface area contributed by atoms with Crippen molar-refractivity contribution >= 4 is 49.4 Å². The predicted octanol–water partition coefficient (Wildman–Crippen LogP) is 9.78. The Hall–Kier alpha value is -4.71. The highest BCUT2D eigenvalue weighted by Crippen LogP contribution is 2.48. The second-order valence-corrected chi connectivity index (χ2v) is 13.0. The molecule has 5 aromatic heterocycles. The third-order valence-electron chi connectivity index (χ3n) is 11.1. The second kappa shape index (κ2) is 10.2. The molecule has 0 aliphatic carbocycles. The number of hydrogen-bond donors (Lipinski definition) is 2. The lowest BCUT2D eigenvalue weighted by Gasteiger charge is -2.31. The third kappa shape index (κ3) is 3.97. The van der Waals surface area contributed by atoms with Crippen LogP contribution in [-0.4, -0.2) is 32.0 Å². The van der Waals surface area contributed by atoms with Gasteiger partial charge in [-0.05, 0) is 137 Å². The van der Waals surface area contributed by atoms with E-state index in [9.17, 15) is 0 Å². The van der Waals surface area contributed by atoms with Crippen LogP contribution < -0.4 is 4.90 Å². The first-order valence-electron chi connectivity index (χ1n) is 15.9. The normalized spacial score (nSPS) is 14.3. The van der Waals surface area contributed by atoms with Gasteiger partial charge in [-0.1, -0.05) is 0 Å². The number of rotatable bonds is 0. The van der Waals surface area contributed by atoms with Gasteiger partial charge in [0.05, 0.1) is 11.6 Å². The van der Waals surface area contributed by atoms with Crippen molar-refractivity contribution in [3.8, 4) is 11.1 Å². The van der Waals surface area contributed by atoms with E-state index in [1.165, 1.54) is 88.4 Å². The van der Waals surface area contributed by atoms with E-state index < -0.39 is 0 Å². The van der Waals surface area contributed by atoms with E-state index in [2.05, 4.69) is 119 Å². The molecular formula is C39H42N6. The number of aromatic amines is 2. The Kier molecular flexibility index (Phi) is 6.55. The molecule has 1 aliphatic heterocycles. The number of fused-ring (bicyclic) bond motifs is 4. The largest absolute Gasteiger partial charge is 0.367 e. The summed E-state index contributed by atoms with van der Waals surface area (Å²) in [6, 6.07) is 4.64. The molecular weight excluding hydrogens is 552 g/mol. The highest BCUT2D eigenvalue weighted by atomic mass is 15.1. The van der Waals surface area contributed by atoms with E-state index in [0.29, 0.717) is 6.04 Å². The molecule has 0 saturated heterocycles. The van der Waals surface area contributed by atoms with Crippen LogP contribution in [0.5, 0.6) is 0 Å². The van der Waals surface area contributed by atoms with E-state index >= 15 is 0 Å². The standard InChI is InChI=1S/C20H23N3.C19H19N3/c1-10-11(2)13(4)19-17(12(10)3)15-7-8-21-20-18(15)16(9-22-20)14(5)23(19)6;1-9-10(2)12(4)18-16(11(9)3)14-6-7-20-19-17(14)15(8-21-19)13(5)22-18/h7-9,14H,1-6H3,(H,21,22);6-8H,1-5H3,(H,20,21). The first-order valence-corrected chi connectivity index (χ1v) is 15.9. The van der Waals surface area contributed by atoms with Gasteiger partial charge in [0.25, 0.3) is 0 Å². The molecule has 6 heteroatoms. The van der Waals surface area contributed by atoms with Crippen LogP contribution >= 0.6 is 0 Å². The predicted molar refractivity (Wildman–Crippen MR) is 190 cm³/mol. The number of pyridine rings is 2. The average Bonchev–Trinajstić information content (AvgIpc) is 3.63. The first kappa shape index (κ1) is 29.0. The second-order valence-electron chi connectivity index (χ2n) is 13.0. The van der Waals surface area contributed by atoms with Gasteiger partial charge in [0.15, 0.2) is 0 Å². The SMILES string of the molecule is Cc1c(C)c(C)c2c(c1C)-c1ccnc3[nH]cc(c13)C(C)N2C.Cc1c(C)c(C)c2c(nc(C)c3cnc4[nH]ccc2c43)c1C. The van der Waals surface area contributed by atoms with E-state index in [1.807, 2.05) is 18.6 Å². The number of aryl methyl sites for hydroxylation is 3. The van der Waals surface area contributed by atoms with E-state index in [0.717, 1.165) is 27.9 Å². The number of benzene rings is 2. The number of nitrogens with one attached hydrogen (secondary N) is 2. The monoisotopic (exact) mass is 594 g/mol. The summed E-state index contributed by atoms with van der Waals surface area (Å²) < 4.78 is 0. The molecule has 228 valence electrons. The minimum Gasteiger partial charge on any atom is -0.367 e. The molecule has 45 heavy (non-hydrogen) atoms. The lowest BCUT2D eigenvalue weighted by atomic mass is 9.88. The van der Waals surface area contributed by atoms with Crippen molar-refractivity contribution in [2.75, 3.05) is 11.9 Å². The first-order chi connectivity index (χ1) is 21.4. The molecule has 0 amide bonds. The van der Waals surface area contributed by atoms with Crippen LogP contribution in [0.15, 0.2) is 36.9 Å². The Morgan fingerprint density at radius 3 is 2.09 bits per heavy atom. The van der Waals surface area contributed by atoms with Crippen LogP contribution in [0.4, 0.5) is 5.69 Å².